The molecule has 2 N–H and O–H groups in total. The molecule has 0 bridgehead atoms. The Morgan fingerprint density at radius 3 is 2.64 bits per heavy atom. The number of benzene rings is 1. The highest BCUT2D eigenvalue weighted by Gasteiger charge is 2.27. The Labute approximate surface area is 146 Å². The standard InChI is InChI=1S/C17H13ClN4O3/c18-10-1-3-11(4-2-10)20-15(23)9-7-13-14(19-8-9)22(12-5-6-12)17(25)21-16(13)24/h1-4,7-8,12H,5-6H2,(H,20,23)(H,21,24,25). The Bertz CT molecular complexity index is 1100. The first-order chi connectivity index (χ1) is 12.0. The van der Waals surface area contributed by atoms with E-state index in [-0.39, 0.29) is 17.0 Å². The molecule has 1 aromatic carbocycles. The maximum absolute atomic E-state index is 12.4. The van der Waals surface area contributed by atoms with Crippen molar-refractivity contribution in [1.82, 2.24) is 14.5 Å². The summed E-state index contributed by atoms with van der Waals surface area (Å²) >= 11 is 5.82. The number of aromatic amines is 1. The molecule has 0 atom stereocenters. The molecule has 1 fully saturated rings. The summed E-state index contributed by atoms with van der Waals surface area (Å²) in [4.78, 5) is 43.0. The van der Waals surface area contributed by atoms with Gasteiger partial charge in [-0.3, -0.25) is 19.1 Å². The molecule has 2 aromatic heterocycles. The van der Waals surface area contributed by atoms with E-state index in [0.29, 0.717) is 16.4 Å². The molecule has 4 rings (SSSR count). The first-order valence-corrected chi connectivity index (χ1v) is 8.12. The Morgan fingerprint density at radius 1 is 1.24 bits per heavy atom. The summed E-state index contributed by atoms with van der Waals surface area (Å²) in [5, 5.41) is 3.49. The molecule has 0 unspecified atom stereocenters. The van der Waals surface area contributed by atoms with Gasteiger partial charge in [-0.2, -0.15) is 0 Å². The largest absolute Gasteiger partial charge is 0.330 e. The van der Waals surface area contributed by atoms with Crippen molar-refractivity contribution in [1.29, 1.82) is 0 Å². The Balaban J connectivity index is 1.73. The third-order valence-electron chi connectivity index (χ3n) is 4.06. The molecule has 1 aliphatic carbocycles. The molecule has 7 nitrogen and oxygen atoms in total. The van der Waals surface area contributed by atoms with Gasteiger partial charge in [-0.15, -0.1) is 0 Å². The van der Waals surface area contributed by atoms with Gasteiger partial charge in [-0.25, -0.2) is 9.78 Å². The van der Waals surface area contributed by atoms with E-state index in [4.69, 9.17) is 11.6 Å². The summed E-state index contributed by atoms with van der Waals surface area (Å²) in [5.74, 6) is -0.403. The van der Waals surface area contributed by atoms with E-state index in [9.17, 15) is 14.4 Å². The predicted molar refractivity (Wildman–Crippen MR) is 94.3 cm³/mol. The smallest absolute Gasteiger partial charge is 0.322 e. The predicted octanol–water partition coefficient (Wildman–Crippen LogP) is 2.33. The van der Waals surface area contributed by atoms with Crippen molar-refractivity contribution in [2.75, 3.05) is 5.32 Å². The number of hydrogen-bond acceptors (Lipinski definition) is 4. The summed E-state index contributed by atoms with van der Waals surface area (Å²) in [6.45, 7) is 0. The molecule has 1 saturated carbocycles. The summed E-state index contributed by atoms with van der Waals surface area (Å²) in [7, 11) is 0. The number of hydrogen-bond donors (Lipinski definition) is 2. The van der Waals surface area contributed by atoms with Crippen LogP contribution < -0.4 is 16.6 Å². The number of aromatic nitrogens is 3. The molecule has 1 aliphatic rings. The Hall–Kier alpha value is -2.93. The molecule has 0 radical (unpaired) electrons. The minimum Gasteiger partial charge on any atom is -0.322 e. The minimum absolute atomic E-state index is 0.0630. The first kappa shape index (κ1) is 15.6. The summed E-state index contributed by atoms with van der Waals surface area (Å²) in [6.07, 6.45) is 3.12. The highest BCUT2D eigenvalue weighted by molar-refractivity contribution is 6.30. The second-order valence-corrected chi connectivity index (χ2v) is 6.35. The number of nitrogens with zero attached hydrogens (tertiary/aromatic N) is 2. The average molecular weight is 357 g/mol. The van der Waals surface area contributed by atoms with Crippen LogP contribution in [0.1, 0.15) is 29.2 Å². The number of pyridine rings is 1. The van der Waals surface area contributed by atoms with Crippen molar-refractivity contribution in [3.8, 4) is 0 Å². The highest BCUT2D eigenvalue weighted by Crippen LogP contribution is 2.34. The number of H-pyrrole nitrogens is 1. The zero-order valence-corrected chi connectivity index (χ0v) is 13.7. The molecule has 0 spiro atoms. The highest BCUT2D eigenvalue weighted by atomic mass is 35.5. The fraction of sp³-hybridized carbons (Fsp3) is 0.176. The number of rotatable bonds is 3. The van der Waals surface area contributed by atoms with E-state index in [1.165, 1.54) is 16.8 Å². The SMILES string of the molecule is O=C(Nc1ccc(Cl)cc1)c1cnc2c(c1)c(=O)[nH]c(=O)n2C1CC1. The van der Waals surface area contributed by atoms with Crippen LogP contribution in [0.3, 0.4) is 0 Å². The fourth-order valence-electron chi connectivity index (χ4n) is 2.67. The van der Waals surface area contributed by atoms with E-state index >= 15 is 0 Å². The molecule has 3 aromatic rings. The van der Waals surface area contributed by atoms with Crippen LogP contribution >= 0.6 is 11.6 Å². The topological polar surface area (TPSA) is 96.8 Å². The third kappa shape index (κ3) is 2.94. The van der Waals surface area contributed by atoms with Gasteiger partial charge in [-0.1, -0.05) is 11.6 Å². The second kappa shape index (κ2) is 5.86. The lowest BCUT2D eigenvalue weighted by atomic mass is 10.2. The van der Waals surface area contributed by atoms with Gasteiger partial charge in [0.1, 0.15) is 5.65 Å². The zero-order chi connectivity index (χ0) is 17.6. The van der Waals surface area contributed by atoms with Crippen LogP contribution in [0.25, 0.3) is 11.0 Å². The van der Waals surface area contributed by atoms with Crippen LogP contribution in [-0.4, -0.2) is 20.4 Å². The first-order valence-electron chi connectivity index (χ1n) is 7.74. The van der Waals surface area contributed by atoms with Gasteiger partial charge in [0.2, 0.25) is 0 Å². The van der Waals surface area contributed by atoms with Gasteiger partial charge in [0, 0.05) is 22.9 Å². The van der Waals surface area contributed by atoms with E-state index in [2.05, 4.69) is 15.3 Å². The van der Waals surface area contributed by atoms with Gasteiger partial charge in [0.25, 0.3) is 11.5 Å². The lowest BCUT2D eigenvalue weighted by Gasteiger charge is -2.09. The van der Waals surface area contributed by atoms with Crippen LogP contribution in [0.5, 0.6) is 0 Å². The van der Waals surface area contributed by atoms with Crippen LogP contribution in [0.2, 0.25) is 5.02 Å². The van der Waals surface area contributed by atoms with E-state index < -0.39 is 17.2 Å². The number of amides is 1. The molecule has 126 valence electrons. The molecule has 25 heavy (non-hydrogen) atoms. The van der Waals surface area contributed by atoms with Gasteiger partial charge in [-0.05, 0) is 43.2 Å². The molecular formula is C17H13ClN4O3. The molecule has 8 heteroatoms. The lowest BCUT2D eigenvalue weighted by molar-refractivity contribution is 0.102. The van der Waals surface area contributed by atoms with Crippen molar-refractivity contribution >= 4 is 34.2 Å². The van der Waals surface area contributed by atoms with Crippen molar-refractivity contribution in [2.24, 2.45) is 0 Å². The Morgan fingerprint density at radius 2 is 1.96 bits per heavy atom. The number of fused-ring (bicyclic) bond motifs is 1. The van der Waals surface area contributed by atoms with Gasteiger partial charge >= 0.3 is 5.69 Å². The average Bonchev–Trinajstić information content (AvgIpc) is 3.41. The minimum atomic E-state index is -0.550. The Kier molecular flexibility index (Phi) is 3.65. The molecule has 0 aliphatic heterocycles. The van der Waals surface area contributed by atoms with Crippen molar-refractivity contribution < 1.29 is 4.79 Å². The second-order valence-electron chi connectivity index (χ2n) is 5.92. The quantitative estimate of drug-likeness (QED) is 0.752. The van der Waals surface area contributed by atoms with Crippen LogP contribution in [0.15, 0.2) is 46.1 Å². The normalized spacial score (nSPS) is 13.8. The van der Waals surface area contributed by atoms with Gasteiger partial charge < -0.3 is 5.32 Å². The van der Waals surface area contributed by atoms with Gasteiger partial charge in [0.15, 0.2) is 0 Å². The van der Waals surface area contributed by atoms with Crippen LogP contribution in [0.4, 0.5) is 5.69 Å². The van der Waals surface area contributed by atoms with Crippen molar-refractivity contribution in [3.63, 3.8) is 0 Å². The number of carbonyl (C=O) groups is 1. The maximum Gasteiger partial charge on any atom is 0.330 e. The van der Waals surface area contributed by atoms with Crippen LogP contribution in [-0.2, 0) is 0 Å². The van der Waals surface area contributed by atoms with E-state index in [0.717, 1.165) is 12.8 Å². The number of nitrogens with one attached hydrogen (secondary N) is 2. The molecule has 2 heterocycles. The number of anilines is 1. The number of carbonyl (C=O) groups excluding carboxylic acids is 1. The van der Waals surface area contributed by atoms with E-state index in [1.807, 2.05) is 0 Å². The molecule has 1 amide bonds. The van der Waals surface area contributed by atoms with Crippen molar-refractivity contribution in [3.05, 3.63) is 68.0 Å². The molecule has 0 saturated heterocycles. The molecular weight excluding hydrogens is 344 g/mol. The fourth-order valence-corrected chi connectivity index (χ4v) is 2.80. The van der Waals surface area contributed by atoms with Crippen LogP contribution in [0, 0.1) is 0 Å². The summed E-state index contributed by atoms with van der Waals surface area (Å²) < 4.78 is 1.48. The zero-order valence-electron chi connectivity index (χ0n) is 13.0. The number of halogens is 1. The third-order valence-corrected chi connectivity index (χ3v) is 4.31. The summed E-state index contributed by atoms with van der Waals surface area (Å²) in [5.41, 5.74) is 0.0935. The van der Waals surface area contributed by atoms with E-state index in [1.54, 1.807) is 24.3 Å². The monoisotopic (exact) mass is 356 g/mol. The van der Waals surface area contributed by atoms with Gasteiger partial charge in [0.05, 0.1) is 10.9 Å². The summed E-state index contributed by atoms with van der Waals surface area (Å²) in [6, 6.07) is 8.18. The van der Waals surface area contributed by atoms with Crippen molar-refractivity contribution in [2.45, 2.75) is 18.9 Å². The maximum atomic E-state index is 12.4. The lowest BCUT2D eigenvalue weighted by Crippen LogP contribution is -2.30.